The Morgan fingerprint density at radius 1 is 0.913 bits per heavy atom. The van der Waals surface area contributed by atoms with Crippen LogP contribution in [0.3, 0.4) is 0 Å². The second-order valence-corrected chi connectivity index (χ2v) is 4.88. The van der Waals surface area contributed by atoms with Crippen LogP contribution in [0, 0.1) is 0 Å². The second kappa shape index (κ2) is 6.74. The molecule has 0 radical (unpaired) electrons. The lowest BCUT2D eigenvalue weighted by Crippen LogP contribution is -2.34. The van der Waals surface area contributed by atoms with Gasteiger partial charge in [-0.2, -0.15) is 0 Å². The molecule has 0 unspecified atom stereocenters. The Balaban J connectivity index is 1.51. The van der Waals surface area contributed by atoms with Crippen LogP contribution < -0.4 is 10.6 Å². The number of pyridine rings is 1. The van der Waals surface area contributed by atoms with Crippen molar-refractivity contribution in [2.75, 3.05) is 13.1 Å². The number of benzene rings is 1. The summed E-state index contributed by atoms with van der Waals surface area (Å²) in [6.45, 7) is 0.610. The number of nitrogens with zero attached hydrogens (tertiary/aromatic N) is 1. The number of aromatic nitrogens is 1. The molecule has 0 aliphatic carbocycles. The normalized spacial score (nSPS) is 10.4. The smallest absolute Gasteiger partial charge is 0.287 e. The molecule has 1 aromatic carbocycles. The topological polar surface area (TPSA) is 84.2 Å². The number of hydrogen-bond acceptors (Lipinski definition) is 4. The van der Waals surface area contributed by atoms with Gasteiger partial charge in [-0.3, -0.25) is 9.59 Å². The van der Waals surface area contributed by atoms with Crippen LogP contribution in [0.5, 0.6) is 0 Å². The van der Waals surface area contributed by atoms with E-state index in [9.17, 15) is 9.59 Å². The van der Waals surface area contributed by atoms with Gasteiger partial charge in [-0.15, -0.1) is 0 Å². The molecule has 0 spiro atoms. The standard InChI is InChI=1S/C17H15N3O3/c21-16(14-8-7-12-4-1-2-5-13(12)20-14)18-9-10-19-17(22)15-6-3-11-23-15/h1-8,11H,9-10H2,(H,18,21)(H,19,22). The summed E-state index contributed by atoms with van der Waals surface area (Å²) in [4.78, 5) is 28.0. The first kappa shape index (κ1) is 14.8. The predicted octanol–water partition coefficient (Wildman–Crippen LogP) is 1.99. The molecule has 2 aromatic heterocycles. The molecular weight excluding hydrogens is 294 g/mol. The van der Waals surface area contributed by atoms with Gasteiger partial charge in [0.25, 0.3) is 11.8 Å². The first-order valence-corrected chi connectivity index (χ1v) is 7.20. The van der Waals surface area contributed by atoms with E-state index in [4.69, 9.17) is 4.42 Å². The van der Waals surface area contributed by atoms with Crippen LogP contribution in [0.1, 0.15) is 21.0 Å². The number of rotatable bonds is 5. The third-order valence-electron chi connectivity index (χ3n) is 3.27. The number of carbonyl (C=O) groups excluding carboxylic acids is 2. The Kier molecular flexibility index (Phi) is 4.33. The van der Waals surface area contributed by atoms with Crippen molar-refractivity contribution < 1.29 is 14.0 Å². The predicted molar refractivity (Wildman–Crippen MR) is 85.1 cm³/mol. The van der Waals surface area contributed by atoms with Crippen LogP contribution in [0.4, 0.5) is 0 Å². The molecule has 0 aliphatic rings. The summed E-state index contributed by atoms with van der Waals surface area (Å²) in [6.07, 6.45) is 1.43. The molecule has 0 atom stereocenters. The van der Waals surface area contributed by atoms with Crippen molar-refractivity contribution in [3.05, 3.63) is 66.2 Å². The van der Waals surface area contributed by atoms with Crippen LogP contribution in [-0.2, 0) is 0 Å². The first-order valence-electron chi connectivity index (χ1n) is 7.20. The van der Waals surface area contributed by atoms with Crippen LogP contribution >= 0.6 is 0 Å². The number of para-hydroxylation sites is 1. The monoisotopic (exact) mass is 309 g/mol. The summed E-state index contributed by atoms with van der Waals surface area (Å²) in [5, 5.41) is 6.35. The van der Waals surface area contributed by atoms with E-state index in [0.29, 0.717) is 18.8 Å². The number of amides is 2. The van der Waals surface area contributed by atoms with Crippen LogP contribution in [0.2, 0.25) is 0 Å². The fourth-order valence-corrected chi connectivity index (χ4v) is 2.13. The highest BCUT2D eigenvalue weighted by atomic mass is 16.3. The summed E-state index contributed by atoms with van der Waals surface area (Å²) in [5.74, 6) is -0.344. The van der Waals surface area contributed by atoms with Gasteiger partial charge < -0.3 is 15.1 Å². The molecule has 0 bridgehead atoms. The third kappa shape index (κ3) is 3.55. The van der Waals surface area contributed by atoms with Crippen LogP contribution in [-0.4, -0.2) is 29.9 Å². The second-order valence-electron chi connectivity index (χ2n) is 4.88. The van der Waals surface area contributed by atoms with Gasteiger partial charge in [-0.25, -0.2) is 4.98 Å². The van der Waals surface area contributed by atoms with E-state index in [1.807, 2.05) is 30.3 Å². The van der Waals surface area contributed by atoms with Gasteiger partial charge in [0.05, 0.1) is 11.8 Å². The highest BCUT2D eigenvalue weighted by molar-refractivity contribution is 5.95. The Bertz CT molecular complexity index is 828. The summed E-state index contributed by atoms with van der Waals surface area (Å²) in [5.41, 5.74) is 1.12. The van der Waals surface area contributed by atoms with Crippen molar-refractivity contribution >= 4 is 22.7 Å². The number of furan rings is 1. The number of fused-ring (bicyclic) bond motifs is 1. The molecule has 2 N–H and O–H groups in total. The number of nitrogens with one attached hydrogen (secondary N) is 2. The van der Waals surface area contributed by atoms with Gasteiger partial charge in [0.15, 0.2) is 5.76 Å². The summed E-state index contributed by atoms with van der Waals surface area (Å²) < 4.78 is 4.97. The number of carbonyl (C=O) groups is 2. The highest BCUT2D eigenvalue weighted by Gasteiger charge is 2.09. The molecule has 3 aromatic rings. The van der Waals surface area contributed by atoms with Crippen LogP contribution in [0.25, 0.3) is 10.9 Å². The first-order chi connectivity index (χ1) is 11.2. The zero-order valence-electron chi connectivity index (χ0n) is 12.3. The Morgan fingerprint density at radius 3 is 2.48 bits per heavy atom. The molecule has 0 fully saturated rings. The maximum Gasteiger partial charge on any atom is 0.287 e. The van der Waals surface area contributed by atoms with E-state index in [0.717, 1.165) is 10.9 Å². The van der Waals surface area contributed by atoms with E-state index in [2.05, 4.69) is 15.6 Å². The van der Waals surface area contributed by atoms with Gasteiger partial charge in [0.2, 0.25) is 0 Å². The van der Waals surface area contributed by atoms with Crippen molar-refractivity contribution in [3.63, 3.8) is 0 Å². The quantitative estimate of drug-likeness (QED) is 0.706. The Labute approximate surface area is 132 Å². The minimum atomic E-state index is -0.312. The maximum atomic E-state index is 12.1. The van der Waals surface area contributed by atoms with Crippen molar-refractivity contribution in [2.24, 2.45) is 0 Å². The van der Waals surface area contributed by atoms with E-state index in [1.54, 1.807) is 18.2 Å². The van der Waals surface area contributed by atoms with Gasteiger partial charge in [0, 0.05) is 18.5 Å². The van der Waals surface area contributed by atoms with E-state index < -0.39 is 0 Å². The molecule has 23 heavy (non-hydrogen) atoms. The highest BCUT2D eigenvalue weighted by Crippen LogP contribution is 2.11. The maximum absolute atomic E-state index is 12.1. The van der Waals surface area contributed by atoms with E-state index in [1.165, 1.54) is 6.26 Å². The van der Waals surface area contributed by atoms with Gasteiger partial charge in [-0.1, -0.05) is 24.3 Å². The van der Waals surface area contributed by atoms with E-state index >= 15 is 0 Å². The molecule has 0 saturated heterocycles. The lowest BCUT2D eigenvalue weighted by atomic mass is 10.2. The van der Waals surface area contributed by atoms with Crippen molar-refractivity contribution in [1.82, 2.24) is 15.6 Å². The van der Waals surface area contributed by atoms with Crippen LogP contribution in [0.15, 0.2) is 59.2 Å². The molecule has 6 heteroatoms. The average Bonchev–Trinajstić information content (AvgIpc) is 3.12. The molecule has 0 saturated carbocycles. The third-order valence-corrected chi connectivity index (χ3v) is 3.27. The molecule has 2 heterocycles. The van der Waals surface area contributed by atoms with Gasteiger partial charge >= 0.3 is 0 Å². The average molecular weight is 309 g/mol. The molecule has 0 aliphatic heterocycles. The van der Waals surface area contributed by atoms with Gasteiger partial charge in [-0.05, 0) is 24.3 Å². The van der Waals surface area contributed by atoms with E-state index in [-0.39, 0.29) is 17.6 Å². The lowest BCUT2D eigenvalue weighted by molar-refractivity contribution is 0.0909. The fourth-order valence-electron chi connectivity index (χ4n) is 2.13. The Hall–Kier alpha value is -3.15. The zero-order chi connectivity index (χ0) is 16.1. The molecule has 6 nitrogen and oxygen atoms in total. The van der Waals surface area contributed by atoms with Crippen molar-refractivity contribution in [1.29, 1.82) is 0 Å². The minimum Gasteiger partial charge on any atom is -0.459 e. The number of hydrogen-bond donors (Lipinski definition) is 2. The Morgan fingerprint density at radius 2 is 1.70 bits per heavy atom. The fraction of sp³-hybridized carbons (Fsp3) is 0.118. The SMILES string of the molecule is O=C(NCCNC(=O)c1ccco1)c1ccc2ccccc2n1. The van der Waals surface area contributed by atoms with Crippen molar-refractivity contribution in [3.8, 4) is 0 Å². The van der Waals surface area contributed by atoms with Gasteiger partial charge in [0.1, 0.15) is 5.69 Å². The summed E-state index contributed by atoms with van der Waals surface area (Å²) >= 11 is 0. The lowest BCUT2D eigenvalue weighted by Gasteiger charge is -2.06. The molecule has 3 rings (SSSR count). The molecular formula is C17H15N3O3. The molecule has 116 valence electrons. The molecule has 2 amide bonds. The summed E-state index contributed by atoms with van der Waals surface area (Å²) in [6, 6.07) is 14.3. The minimum absolute atomic E-state index is 0.243. The summed E-state index contributed by atoms with van der Waals surface area (Å²) in [7, 11) is 0. The zero-order valence-corrected chi connectivity index (χ0v) is 12.3. The largest absolute Gasteiger partial charge is 0.459 e. The van der Waals surface area contributed by atoms with Crippen molar-refractivity contribution in [2.45, 2.75) is 0 Å².